The third kappa shape index (κ3) is 3.60. The summed E-state index contributed by atoms with van der Waals surface area (Å²) in [6, 6.07) is 7.47. The second kappa shape index (κ2) is 6.54. The molecule has 21 heavy (non-hydrogen) atoms. The highest BCUT2D eigenvalue weighted by atomic mass is 79.9. The molecule has 0 aromatic heterocycles. The second-order valence-electron chi connectivity index (χ2n) is 4.97. The van der Waals surface area contributed by atoms with Crippen molar-refractivity contribution in [3.63, 3.8) is 0 Å². The highest BCUT2D eigenvalue weighted by molar-refractivity contribution is 9.10. The molecule has 2 aromatic rings. The van der Waals surface area contributed by atoms with Crippen LogP contribution in [-0.4, -0.2) is 11.7 Å². The van der Waals surface area contributed by atoms with E-state index in [4.69, 9.17) is 0 Å². The van der Waals surface area contributed by atoms with E-state index in [1.165, 1.54) is 6.07 Å². The number of halogens is 3. The van der Waals surface area contributed by atoms with Crippen LogP contribution in [-0.2, 0) is 0 Å². The molecular formula is C16H16BrF2NO. The van der Waals surface area contributed by atoms with Crippen LogP contribution >= 0.6 is 15.9 Å². The quantitative estimate of drug-likeness (QED) is 0.846. The lowest BCUT2D eigenvalue weighted by Gasteiger charge is -2.17. The lowest BCUT2D eigenvalue weighted by atomic mass is 10.1. The molecule has 0 saturated heterocycles. The summed E-state index contributed by atoms with van der Waals surface area (Å²) in [5.41, 5.74) is 2.58. The molecule has 112 valence electrons. The van der Waals surface area contributed by atoms with Gasteiger partial charge in [-0.2, -0.15) is 0 Å². The van der Waals surface area contributed by atoms with Gasteiger partial charge in [0.05, 0.1) is 11.3 Å². The van der Waals surface area contributed by atoms with Gasteiger partial charge in [0.1, 0.15) is 17.7 Å². The van der Waals surface area contributed by atoms with Gasteiger partial charge in [0.2, 0.25) is 0 Å². The fraction of sp³-hybridized carbons (Fsp3) is 0.250. The number of nitrogens with one attached hydrogen (secondary N) is 1. The van der Waals surface area contributed by atoms with Crippen LogP contribution in [0.4, 0.5) is 14.5 Å². The van der Waals surface area contributed by atoms with Crippen molar-refractivity contribution in [2.45, 2.75) is 20.0 Å². The maximum atomic E-state index is 13.6. The first-order chi connectivity index (χ1) is 9.90. The Morgan fingerprint density at radius 1 is 1.19 bits per heavy atom. The summed E-state index contributed by atoms with van der Waals surface area (Å²) in [5, 5.41) is 13.1. The van der Waals surface area contributed by atoms with Gasteiger partial charge in [0, 0.05) is 11.0 Å². The lowest BCUT2D eigenvalue weighted by molar-refractivity contribution is 0.181. The van der Waals surface area contributed by atoms with E-state index in [-0.39, 0.29) is 12.1 Å². The van der Waals surface area contributed by atoms with Gasteiger partial charge in [-0.15, -0.1) is 0 Å². The van der Waals surface area contributed by atoms with Gasteiger partial charge in [-0.1, -0.05) is 12.1 Å². The second-order valence-corrected chi connectivity index (χ2v) is 5.83. The van der Waals surface area contributed by atoms with E-state index in [9.17, 15) is 13.9 Å². The van der Waals surface area contributed by atoms with Gasteiger partial charge in [0.15, 0.2) is 0 Å². The minimum Gasteiger partial charge on any atom is -0.386 e. The predicted octanol–water partition coefficient (Wildman–Crippen LogP) is 4.49. The molecule has 0 aliphatic carbocycles. The van der Waals surface area contributed by atoms with Crippen LogP contribution in [0.15, 0.2) is 34.8 Å². The fourth-order valence-corrected chi connectivity index (χ4v) is 3.08. The maximum Gasteiger partial charge on any atom is 0.132 e. The number of hydrogen-bond donors (Lipinski definition) is 2. The molecule has 0 aliphatic heterocycles. The maximum absolute atomic E-state index is 13.6. The van der Waals surface area contributed by atoms with E-state index in [2.05, 4.69) is 21.2 Å². The predicted molar refractivity (Wildman–Crippen MR) is 83.4 cm³/mol. The van der Waals surface area contributed by atoms with Crippen LogP contribution < -0.4 is 5.32 Å². The Balaban J connectivity index is 2.17. The van der Waals surface area contributed by atoms with Gasteiger partial charge >= 0.3 is 0 Å². The van der Waals surface area contributed by atoms with Gasteiger partial charge < -0.3 is 10.4 Å². The summed E-state index contributed by atoms with van der Waals surface area (Å²) in [5.74, 6) is -1.49. The third-order valence-electron chi connectivity index (χ3n) is 3.24. The number of rotatable bonds is 4. The Morgan fingerprint density at radius 2 is 1.81 bits per heavy atom. The molecule has 1 atom stereocenters. The van der Waals surface area contributed by atoms with Crippen LogP contribution in [0, 0.1) is 25.5 Å². The zero-order valence-corrected chi connectivity index (χ0v) is 13.3. The number of aliphatic hydroxyl groups is 1. The zero-order chi connectivity index (χ0) is 15.6. The van der Waals surface area contributed by atoms with E-state index in [0.717, 1.165) is 33.4 Å². The standard InChI is InChI=1S/C16H16BrF2NO/c1-9-6-10(2)16(11(17)7-9)20-8-14(21)15-12(18)4-3-5-13(15)19/h3-7,14,20-21H,8H2,1-2H3. The van der Waals surface area contributed by atoms with E-state index >= 15 is 0 Å². The largest absolute Gasteiger partial charge is 0.386 e. The van der Waals surface area contributed by atoms with Crippen LogP contribution in [0.25, 0.3) is 0 Å². The summed E-state index contributed by atoms with van der Waals surface area (Å²) in [6.07, 6.45) is -1.26. The molecular weight excluding hydrogens is 340 g/mol. The van der Waals surface area contributed by atoms with Crippen molar-refractivity contribution in [2.75, 3.05) is 11.9 Å². The molecule has 0 radical (unpaired) electrons. The Kier molecular flexibility index (Phi) is 4.96. The van der Waals surface area contributed by atoms with Gasteiger partial charge in [-0.25, -0.2) is 8.78 Å². The summed E-state index contributed by atoms with van der Waals surface area (Å²) in [7, 11) is 0. The van der Waals surface area contributed by atoms with Crippen molar-refractivity contribution in [2.24, 2.45) is 0 Å². The highest BCUT2D eigenvalue weighted by Crippen LogP contribution is 2.29. The van der Waals surface area contributed by atoms with Gasteiger partial charge in [-0.3, -0.25) is 0 Å². The zero-order valence-electron chi connectivity index (χ0n) is 11.8. The highest BCUT2D eigenvalue weighted by Gasteiger charge is 2.18. The lowest BCUT2D eigenvalue weighted by Crippen LogP contribution is -2.16. The number of anilines is 1. The first kappa shape index (κ1) is 15.9. The molecule has 2 aromatic carbocycles. The summed E-state index contributed by atoms with van der Waals surface area (Å²) in [6.45, 7) is 3.92. The molecule has 0 bridgehead atoms. The first-order valence-corrected chi connectivity index (χ1v) is 7.32. The van der Waals surface area contributed by atoms with Crippen molar-refractivity contribution in [1.82, 2.24) is 0 Å². The molecule has 1 unspecified atom stereocenters. The minimum absolute atomic E-state index is 0.0142. The van der Waals surface area contributed by atoms with Crippen LogP contribution in [0.3, 0.4) is 0 Å². The number of aryl methyl sites for hydroxylation is 2. The third-order valence-corrected chi connectivity index (χ3v) is 3.86. The molecule has 0 saturated carbocycles. The average molecular weight is 356 g/mol. The van der Waals surface area contributed by atoms with Gasteiger partial charge in [-0.05, 0) is 59.1 Å². The normalized spacial score (nSPS) is 12.3. The molecule has 2 N–H and O–H groups in total. The molecule has 0 fully saturated rings. The Bertz CT molecular complexity index is 617. The molecule has 0 amide bonds. The van der Waals surface area contributed by atoms with Crippen molar-refractivity contribution < 1.29 is 13.9 Å². The molecule has 0 spiro atoms. The number of hydrogen-bond acceptors (Lipinski definition) is 2. The van der Waals surface area contributed by atoms with E-state index in [1.54, 1.807) is 0 Å². The molecule has 5 heteroatoms. The summed E-state index contributed by atoms with van der Waals surface area (Å²) in [4.78, 5) is 0. The van der Waals surface area contributed by atoms with Crippen molar-refractivity contribution in [3.8, 4) is 0 Å². The van der Waals surface area contributed by atoms with E-state index in [0.29, 0.717) is 0 Å². The first-order valence-electron chi connectivity index (χ1n) is 6.52. The van der Waals surface area contributed by atoms with Crippen LogP contribution in [0.1, 0.15) is 22.8 Å². The van der Waals surface area contributed by atoms with Crippen molar-refractivity contribution in [1.29, 1.82) is 0 Å². The topological polar surface area (TPSA) is 32.3 Å². The Labute approximate surface area is 130 Å². The van der Waals surface area contributed by atoms with Crippen LogP contribution in [0.2, 0.25) is 0 Å². The van der Waals surface area contributed by atoms with Crippen molar-refractivity contribution in [3.05, 3.63) is 63.1 Å². The Hall–Kier alpha value is -1.46. The molecule has 2 nitrogen and oxygen atoms in total. The molecule has 2 rings (SSSR count). The smallest absolute Gasteiger partial charge is 0.132 e. The molecule has 0 aliphatic rings. The number of aliphatic hydroxyl groups excluding tert-OH is 1. The van der Waals surface area contributed by atoms with E-state index < -0.39 is 17.7 Å². The average Bonchev–Trinajstić information content (AvgIpc) is 2.37. The molecule has 0 heterocycles. The number of benzene rings is 2. The monoisotopic (exact) mass is 355 g/mol. The summed E-state index contributed by atoms with van der Waals surface area (Å²) >= 11 is 3.44. The van der Waals surface area contributed by atoms with E-state index in [1.807, 2.05) is 26.0 Å². The fourth-order valence-electron chi connectivity index (χ4n) is 2.27. The van der Waals surface area contributed by atoms with Crippen molar-refractivity contribution >= 4 is 21.6 Å². The Morgan fingerprint density at radius 3 is 2.38 bits per heavy atom. The van der Waals surface area contributed by atoms with Gasteiger partial charge in [0.25, 0.3) is 0 Å². The minimum atomic E-state index is -1.26. The van der Waals surface area contributed by atoms with Crippen LogP contribution in [0.5, 0.6) is 0 Å². The summed E-state index contributed by atoms with van der Waals surface area (Å²) < 4.78 is 28.1. The SMILES string of the molecule is Cc1cc(C)c(NCC(O)c2c(F)cccc2F)c(Br)c1.